The molecule has 1 amide bonds. The molecule has 0 aliphatic carbocycles. The van der Waals surface area contributed by atoms with Crippen LogP contribution >= 0.6 is 11.3 Å². The molecule has 146 valence electrons. The molecule has 4 rings (SSSR count). The molecule has 0 radical (unpaired) electrons. The van der Waals surface area contributed by atoms with Gasteiger partial charge in [-0.25, -0.2) is 4.98 Å². The van der Waals surface area contributed by atoms with E-state index in [2.05, 4.69) is 10.1 Å². The van der Waals surface area contributed by atoms with E-state index in [1.165, 1.54) is 16.3 Å². The highest BCUT2D eigenvalue weighted by Crippen LogP contribution is 2.34. The van der Waals surface area contributed by atoms with Gasteiger partial charge in [0.05, 0.1) is 23.6 Å². The van der Waals surface area contributed by atoms with Crippen molar-refractivity contribution in [2.45, 2.75) is 13.8 Å². The number of benzene rings is 2. The first-order valence-corrected chi connectivity index (χ1v) is 10.0. The van der Waals surface area contributed by atoms with Gasteiger partial charge in [-0.2, -0.15) is 10.1 Å². The number of thiazole rings is 1. The van der Waals surface area contributed by atoms with E-state index in [1.807, 2.05) is 42.6 Å². The van der Waals surface area contributed by atoms with E-state index >= 15 is 0 Å². The Hall–Kier alpha value is -3.45. The quantitative estimate of drug-likeness (QED) is 0.623. The van der Waals surface area contributed by atoms with E-state index in [1.54, 1.807) is 31.2 Å². The number of para-hydroxylation sites is 1. The number of anilines is 1. The third-order valence-electron chi connectivity index (χ3n) is 4.44. The molecule has 7 heteroatoms. The van der Waals surface area contributed by atoms with Crippen molar-refractivity contribution in [3.63, 3.8) is 0 Å². The van der Waals surface area contributed by atoms with Crippen LogP contribution in [0.3, 0.4) is 0 Å². The standard InChI is InChI=1S/C22H19N3O3S/c1-3-28-19-11-7-10-16(20(19)26)12-17-14(2)24-25(21(17)27)22-23-18(13-29-22)15-8-5-4-6-9-15/h4-13,26H,3H2,1-2H3. The van der Waals surface area contributed by atoms with Crippen LogP contribution in [0.15, 0.2) is 64.6 Å². The highest BCUT2D eigenvalue weighted by atomic mass is 32.1. The van der Waals surface area contributed by atoms with Crippen LogP contribution in [0.4, 0.5) is 5.13 Å². The van der Waals surface area contributed by atoms with Crippen LogP contribution in [0.2, 0.25) is 0 Å². The van der Waals surface area contributed by atoms with Crippen molar-refractivity contribution < 1.29 is 14.6 Å². The molecular formula is C22H19N3O3S. The lowest BCUT2D eigenvalue weighted by Gasteiger charge is -2.09. The van der Waals surface area contributed by atoms with Gasteiger partial charge in [0.15, 0.2) is 11.5 Å². The summed E-state index contributed by atoms with van der Waals surface area (Å²) in [5, 5.41) is 18.5. The largest absolute Gasteiger partial charge is 0.504 e. The average Bonchev–Trinajstić information content (AvgIpc) is 3.32. The number of aromatic hydroxyl groups is 1. The van der Waals surface area contributed by atoms with Gasteiger partial charge in [-0.1, -0.05) is 42.5 Å². The normalized spacial score (nSPS) is 15.1. The molecule has 29 heavy (non-hydrogen) atoms. The molecule has 0 saturated heterocycles. The molecule has 0 bridgehead atoms. The number of nitrogens with zero attached hydrogens (tertiary/aromatic N) is 3. The van der Waals surface area contributed by atoms with Gasteiger partial charge in [0.2, 0.25) is 5.13 Å². The van der Waals surface area contributed by atoms with E-state index in [0.717, 1.165) is 11.3 Å². The van der Waals surface area contributed by atoms with Crippen molar-refractivity contribution in [3.8, 4) is 22.8 Å². The zero-order valence-electron chi connectivity index (χ0n) is 16.0. The van der Waals surface area contributed by atoms with Crippen LogP contribution < -0.4 is 9.75 Å². The summed E-state index contributed by atoms with van der Waals surface area (Å²) in [5.41, 5.74) is 3.25. The Kier molecular flexibility index (Phi) is 5.14. The lowest BCUT2D eigenvalue weighted by molar-refractivity contribution is -0.114. The predicted molar refractivity (Wildman–Crippen MR) is 115 cm³/mol. The number of hydrazone groups is 1. The van der Waals surface area contributed by atoms with E-state index in [9.17, 15) is 9.90 Å². The lowest BCUT2D eigenvalue weighted by atomic mass is 10.1. The molecule has 2 aromatic carbocycles. The minimum Gasteiger partial charge on any atom is -0.504 e. The molecule has 1 aromatic heterocycles. The van der Waals surface area contributed by atoms with E-state index in [4.69, 9.17) is 4.74 Å². The Labute approximate surface area is 172 Å². The molecule has 0 unspecified atom stereocenters. The van der Waals surface area contributed by atoms with Crippen LogP contribution in [-0.2, 0) is 4.79 Å². The van der Waals surface area contributed by atoms with Crippen molar-refractivity contribution in [1.29, 1.82) is 0 Å². The Morgan fingerprint density at radius 2 is 1.97 bits per heavy atom. The molecule has 0 saturated carbocycles. The number of rotatable bonds is 5. The van der Waals surface area contributed by atoms with E-state index in [0.29, 0.717) is 34.3 Å². The Balaban J connectivity index is 1.64. The molecule has 3 aromatic rings. The fourth-order valence-corrected chi connectivity index (χ4v) is 3.78. The van der Waals surface area contributed by atoms with Gasteiger partial charge < -0.3 is 9.84 Å². The number of ether oxygens (including phenoxy) is 1. The molecule has 0 spiro atoms. The summed E-state index contributed by atoms with van der Waals surface area (Å²) in [4.78, 5) is 17.6. The van der Waals surface area contributed by atoms with Gasteiger partial charge in [-0.15, -0.1) is 11.3 Å². The average molecular weight is 405 g/mol. The summed E-state index contributed by atoms with van der Waals surface area (Å²) in [6.45, 7) is 4.05. The molecule has 0 fully saturated rings. The zero-order valence-corrected chi connectivity index (χ0v) is 16.8. The number of phenolic OH excluding ortho intramolecular Hbond substituents is 1. The van der Waals surface area contributed by atoms with Gasteiger partial charge in [0, 0.05) is 16.5 Å². The number of aromatic nitrogens is 1. The third kappa shape index (κ3) is 3.64. The molecule has 6 nitrogen and oxygen atoms in total. The molecule has 0 atom stereocenters. The van der Waals surface area contributed by atoms with Crippen LogP contribution in [-0.4, -0.2) is 28.3 Å². The van der Waals surface area contributed by atoms with E-state index in [-0.39, 0.29) is 11.7 Å². The minimum absolute atomic E-state index is 0.00140. The van der Waals surface area contributed by atoms with Crippen LogP contribution in [0, 0.1) is 0 Å². The monoisotopic (exact) mass is 405 g/mol. The highest BCUT2D eigenvalue weighted by molar-refractivity contribution is 7.14. The van der Waals surface area contributed by atoms with Crippen molar-refractivity contribution >= 4 is 34.2 Å². The SMILES string of the molecule is CCOc1cccc(C=C2C(=O)N(c3nc(-c4ccccc4)cs3)N=C2C)c1O. The van der Waals surface area contributed by atoms with Gasteiger partial charge >= 0.3 is 0 Å². The van der Waals surface area contributed by atoms with Gasteiger partial charge in [-0.3, -0.25) is 4.79 Å². The number of carbonyl (C=O) groups excluding carboxylic acids is 1. The molecule has 1 aliphatic rings. The maximum atomic E-state index is 13.0. The maximum Gasteiger partial charge on any atom is 0.282 e. The molecule has 2 heterocycles. The van der Waals surface area contributed by atoms with Gasteiger partial charge in [0.25, 0.3) is 5.91 Å². The fourth-order valence-electron chi connectivity index (χ4n) is 3.00. The molecule has 1 aliphatic heterocycles. The number of carbonyl (C=O) groups is 1. The third-order valence-corrected chi connectivity index (χ3v) is 5.25. The van der Waals surface area contributed by atoms with Crippen LogP contribution in [0.1, 0.15) is 19.4 Å². The van der Waals surface area contributed by atoms with Crippen LogP contribution in [0.5, 0.6) is 11.5 Å². The summed E-state index contributed by atoms with van der Waals surface area (Å²) in [6, 6.07) is 15.0. The van der Waals surface area contributed by atoms with Gasteiger partial charge in [0.1, 0.15) is 0 Å². The number of hydrogen-bond donors (Lipinski definition) is 1. The smallest absolute Gasteiger partial charge is 0.282 e. The Bertz CT molecular complexity index is 1120. The molecule has 1 N–H and O–H groups in total. The topological polar surface area (TPSA) is 75.0 Å². The fraction of sp³-hybridized carbons (Fsp3) is 0.136. The summed E-state index contributed by atoms with van der Waals surface area (Å²) in [6.07, 6.45) is 1.63. The van der Waals surface area contributed by atoms with Gasteiger partial charge in [-0.05, 0) is 26.0 Å². The van der Waals surface area contributed by atoms with Crippen molar-refractivity contribution in [3.05, 3.63) is 65.0 Å². The first-order chi connectivity index (χ1) is 14.1. The second kappa shape index (κ2) is 7.89. The first kappa shape index (κ1) is 18.9. The summed E-state index contributed by atoms with van der Waals surface area (Å²) in [7, 11) is 0. The van der Waals surface area contributed by atoms with Crippen molar-refractivity contribution in [2.75, 3.05) is 11.6 Å². The van der Waals surface area contributed by atoms with Crippen molar-refractivity contribution in [2.24, 2.45) is 5.10 Å². The van der Waals surface area contributed by atoms with Crippen LogP contribution in [0.25, 0.3) is 17.3 Å². The number of amides is 1. The number of hydrogen-bond acceptors (Lipinski definition) is 6. The summed E-state index contributed by atoms with van der Waals surface area (Å²) < 4.78 is 5.42. The minimum atomic E-state index is -0.280. The second-order valence-corrected chi connectivity index (χ2v) is 7.21. The Morgan fingerprint density at radius 1 is 1.17 bits per heavy atom. The summed E-state index contributed by atoms with van der Waals surface area (Å²) >= 11 is 1.36. The van der Waals surface area contributed by atoms with E-state index < -0.39 is 0 Å². The first-order valence-electron chi connectivity index (χ1n) is 9.16. The number of phenols is 1. The zero-order chi connectivity index (χ0) is 20.4. The molecular weight excluding hydrogens is 386 g/mol. The lowest BCUT2D eigenvalue weighted by Crippen LogP contribution is -2.21. The predicted octanol–water partition coefficient (Wildman–Crippen LogP) is 4.72. The second-order valence-electron chi connectivity index (χ2n) is 6.37. The highest BCUT2D eigenvalue weighted by Gasteiger charge is 2.31. The summed E-state index contributed by atoms with van der Waals surface area (Å²) in [5.74, 6) is 0.102. The Morgan fingerprint density at radius 3 is 2.72 bits per heavy atom. The van der Waals surface area contributed by atoms with Crippen molar-refractivity contribution in [1.82, 2.24) is 4.98 Å². The maximum absolute atomic E-state index is 13.0.